The van der Waals surface area contributed by atoms with Crippen molar-refractivity contribution in [3.05, 3.63) is 28.7 Å². The number of nitrogens with zero attached hydrogens (tertiary/aromatic N) is 3. The molecule has 0 aromatic carbocycles. The standard InChI is InChI=1S/C10H14IN3/c1-3-5-14(6-4-2)10-9(11)7-12-8-13-10/h3,7-8H,1,4-6H2,2H3. The molecule has 1 aromatic rings. The van der Waals surface area contributed by atoms with Crippen LogP contribution < -0.4 is 4.90 Å². The molecule has 0 saturated carbocycles. The third-order valence-electron chi connectivity index (χ3n) is 1.79. The van der Waals surface area contributed by atoms with Crippen molar-refractivity contribution in [2.24, 2.45) is 0 Å². The lowest BCUT2D eigenvalue weighted by Crippen LogP contribution is -2.25. The van der Waals surface area contributed by atoms with Crippen LogP contribution in [0.15, 0.2) is 25.2 Å². The van der Waals surface area contributed by atoms with Crippen LogP contribution >= 0.6 is 22.6 Å². The Bertz CT molecular complexity index is 301. The molecule has 4 heteroatoms. The first-order chi connectivity index (χ1) is 6.79. The molecule has 14 heavy (non-hydrogen) atoms. The molecule has 1 rings (SSSR count). The molecular weight excluding hydrogens is 289 g/mol. The van der Waals surface area contributed by atoms with Crippen LogP contribution in [0.25, 0.3) is 0 Å². The summed E-state index contributed by atoms with van der Waals surface area (Å²) in [6.07, 6.45) is 6.42. The van der Waals surface area contributed by atoms with Crippen LogP contribution in [0.1, 0.15) is 13.3 Å². The van der Waals surface area contributed by atoms with Crippen LogP contribution in [-0.4, -0.2) is 23.1 Å². The van der Waals surface area contributed by atoms with E-state index in [4.69, 9.17) is 0 Å². The predicted octanol–water partition coefficient (Wildman–Crippen LogP) is 2.48. The van der Waals surface area contributed by atoms with Gasteiger partial charge in [0.15, 0.2) is 0 Å². The first-order valence-corrected chi connectivity index (χ1v) is 5.68. The van der Waals surface area contributed by atoms with Gasteiger partial charge in [0.05, 0.1) is 3.57 Å². The van der Waals surface area contributed by atoms with Crippen molar-refractivity contribution in [2.75, 3.05) is 18.0 Å². The third-order valence-corrected chi connectivity index (χ3v) is 2.55. The normalized spacial score (nSPS) is 9.86. The Balaban J connectivity index is 2.86. The molecule has 0 fully saturated rings. The SMILES string of the molecule is C=CCN(CCC)c1ncncc1I. The van der Waals surface area contributed by atoms with Gasteiger partial charge in [-0.15, -0.1) is 6.58 Å². The molecule has 0 saturated heterocycles. The van der Waals surface area contributed by atoms with Gasteiger partial charge in [-0.05, 0) is 29.0 Å². The summed E-state index contributed by atoms with van der Waals surface area (Å²) in [5, 5.41) is 0. The minimum Gasteiger partial charge on any atom is -0.352 e. The molecule has 0 aliphatic carbocycles. The van der Waals surface area contributed by atoms with Gasteiger partial charge < -0.3 is 4.90 Å². The topological polar surface area (TPSA) is 29.0 Å². The van der Waals surface area contributed by atoms with Gasteiger partial charge in [0, 0.05) is 19.3 Å². The molecule has 1 heterocycles. The molecule has 0 unspecified atom stereocenters. The quantitative estimate of drug-likeness (QED) is 0.618. The van der Waals surface area contributed by atoms with E-state index in [0.717, 1.165) is 28.9 Å². The molecular formula is C10H14IN3. The van der Waals surface area contributed by atoms with Gasteiger partial charge in [-0.1, -0.05) is 13.0 Å². The van der Waals surface area contributed by atoms with E-state index >= 15 is 0 Å². The Hall–Kier alpha value is -0.650. The summed E-state index contributed by atoms with van der Waals surface area (Å²) in [5.74, 6) is 1.00. The third kappa shape index (κ3) is 2.94. The monoisotopic (exact) mass is 303 g/mol. The van der Waals surface area contributed by atoms with Crippen LogP contribution in [0, 0.1) is 3.57 Å². The summed E-state index contributed by atoms with van der Waals surface area (Å²) in [5.41, 5.74) is 0. The van der Waals surface area contributed by atoms with Crippen LogP contribution in [0.2, 0.25) is 0 Å². The van der Waals surface area contributed by atoms with Crippen molar-refractivity contribution >= 4 is 28.4 Å². The molecule has 0 aliphatic rings. The molecule has 0 bridgehead atoms. The molecule has 3 nitrogen and oxygen atoms in total. The van der Waals surface area contributed by atoms with E-state index in [1.807, 2.05) is 12.3 Å². The number of halogens is 1. The van der Waals surface area contributed by atoms with Crippen molar-refractivity contribution in [1.82, 2.24) is 9.97 Å². The highest BCUT2D eigenvalue weighted by Gasteiger charge is 2.08. The van der Waals surface area contributed by atoms with Crippen molar-refractivity contribution in [3.8, 4) is 0 Å². The first-order valence-electron chi connectivity index (χ1n) is 4.61. The van der Waals surface area contributed by atoms with E-state index in [2.05, 4.69) is 51.0 Å². The van der Waals surface area contributed by atoms with E-state index in [0.29, 0.717) is 0 Å². The van der Waals surface area contributed by atoms with E-state index < -0.39 is 0 Å². The maximum absolute atomic E-state index is 4.28. The molecule has 0 aliphatic heterocycles. The van der Waals surface area contributed by atoms with Gasteiger partial charge in [0.1, 0.15) is 12.1 Å². The van der Waals surface area contributed by atoms with E-state index in [1.165, 1.54) is 0 Å². The largest absolute Gasteiger partial charge is 0.352 e. The predicted molar refractivity (Wildman–Crippen MR) is 67.5 cm³/mol. The highest BCUT2D eigenvalue weighted by molar-refractivity contribution is 14.1. The highest BCUT2D eigenvalue weighted by atomic mass is 127. The first kappa shape index (κ1) is 11.4. The van der Waals surface area contributed by atoms with Crippen LogP contribution in [0.5, 0.6) is 0 Å². The molecule has 0 radical (unpaired) electrons. The minimum absolute atomic E-state index is 0.834. The lowest BCUT2D eigenvalue weighted by atomic mass is 10.4. The number of hydrogen-bond acceptors (Lipinski definition) is 3. The molecule has 1 aromatic heterocycles. The summed E-state index contributed by atoms with van der Waals surface area (Å²) in [6, 6.07) is 0. The number of anilines is 1. The second-order valence-electron chi connectivity index (χ2n) is 2.93. The maximum Gasteiger partial charge on any atom is 0.145 e. The Labute approximate surface area is 98.4 Å². The minimum atomic E-state index is 0.834. The zero-order chi connectivity index (χ0) is 10.4. The average Bonchev–Trinajstić information content (AvgIpc) is 2.18. The van der Waals surface area contributed by atoms with Crippen molar-refractivity contribution < 1.29 is 0 Å². The second-order valence-corrected chi connectivity index (χ2v) is 4.09. The lowest BCUT2D eigenvalue weighted by molar-refractivity contribution is 0.796. The summed E-state index contributed by atoms with van der Waals surface area (Å²) < 4.78 is 1.08. The number of rotatable bonds is 5. The molecule has 76 valence electrons. The summed E-state index contributed by atoms with van der Waals surface area (Å²) in [4.78, 5) is 10.5. The number of aromatic nitrogens is 2. The zero-order valence-corrected chi connectivity index (χ0v) is 10.4. The van der Waals surface area contributed by atoms with Gasteiger partial charge in [-0.2, -0.15) is 0 Å². The fraction of sp³-hybridized carbons (Fsp3) is 0.400. The fourth-order valence-electron chi connectivity index (χ4n) is 1.25. The molecule has 0 N–H and O–H groups in total. The van der Waals surface area contributed by atoms with E-state index in [1.54, 1.807) is 6.33 Å². The van der Waals surface area contributed by atoms with Crippen molar-refractivity contribution in [1.29, 1.82) is 0 Å². The Morgan fingerprint density at radius 2 is 2.43 bits per heavy atom. The zero-order valence-electron chi connectivity index (χ0n) is 8.28. The van der Waals surface area contributed by atoms with Crippen LogP contribution in [0.4, 0.5) is 5.82 Å². The summed E-state index contributed by atoms with van der Waals surface area (Å²) in [6.45, 7) is 7.74. The molecule has 0 spiro atoms. The molecule has 0 atom stereocenters. The van der Waals surface area contributed by atoms with E-state index in [9.17, 15) is 0 Å². The van der Waals surface area contributed by atoms with Gasteiger partial charge >= 0.3 is 0 Å². The summed E-state index contributed by atoms with van der Waals surface area (Å²) >= 11 is 2.25. The van der Waals surface area contributed by atoms with Gasteiger partial charge in [0.25, 0.3) is 0 Å². The maximum atomic E-state index is 4.28. The van der Waals surface area contributed by atoms with E-state index in [-0.39, 0.29) is 0 Å². The average molecular weight is 303 g/mol. The molecule has 0 amide bonds. The Kier molecular flexibility index (Phi) is 4.86. The highest BCUT2D eigenvalue weighted by Crippen LogP contribution is 2.17. The van der Waals surface area contributed by atoms with Crippen molar-refractivity contribution in [3.63, 3.8) is 0 Å². The number of hydrogen-bond donors (Lipinski definition) is 0. The fourth-order valence-corrected chi connectivity index (χ4v) is 1.89. The second kappa shape index (κ2) is 5.95. The van der Waals surface area contributed by atoms with Gasteiger partial charge in [0.2, 0.25) is 0 Å². The van der Waals surface area contributed by atoms with Gasteiger partial charge in [-0.3, -0.25) is 0 Å². The summed E-state index contributed by atoms with van der Waals surface area (Å²) in [7, 11) is 0. The van der Waals surface area contributed by atoms with Crippen LogP contribution in [0.3, 0.4) is 0 Å². The smallest absolute Gasteiger partial charge is 0.145 e. The lowest BCUT2D eigenvalue weighted by Gasteiger charge is -2.21. The van der Waals surface area contributed by atoms with Crippen molar-refractivity contribution in [2.45, 2.75) is 13.3 Å². The Morgan fingerprint density at radius 1 is 1.64 bits per heavy atom. The van der Waals surface area contributed by atoms with Gasteiger partial charge in [-0.25, -0.2) is 9.97 Å². The Morgan fingerprint density at radius 3 is 3.00 bits per heavy atom. The van der Waals surface area contributed by atoms with Crippen LogP contribution in [-0.2, 0) is 0 Å².